The number of ether oxygens (including phenoxy) is 4. The third kappa shape index (κ3) is 9.36. The van der Waals surface area contributed by atoms with Crippen molar-refractivity contribution in [2.45, 2.75) is 18.6 Å². The molecule has 0 N–H and O–H groups in total. The predicted molar refractivity (Wildman–Crippen MR) is 192 cm³/mol. The molecular weight excluding hydrogens is 625 g/mol. The molecular formula is C44H32FNO4. The molecule has 2 saturated heterocycles. The molecule has 2 aliphatic rings. The standard InChI is InChI=1S/C23H17NO3.C21H15FO/c24-13-19-4-8-20-11-18(3-7-21(20)12-19)2-1-17-5-9-22(10-6-17)27-16-25-14-23-15-26-23;22-20-10-9-18-11-16(7-8-19(18)13-20)4-1-15-2-5-17(6-3-15)12-21-14-23-21/h3-12,23H,14-16H2;2-3,5-11,13,21H,12,14H2. The fourth-order valence-electron chi connectivity index (χ4n) is 5.24. The second kappa shape index (κ2) is 15.5. The van der Waals surface area contributed by atoms with Crippen molar-refractivity contribution in [3.8, 4) is 35.5 Å². The van der Waals surface area contributed by atoms with Gasteiger partial charge in [0.25, 0.3) is 0 Å². The van der Waals surface area contributed by atoms with E-state index in [1.54, 1.807) is 6.07 Å². The van der Waals surface area contributed by atoms with Crippen LogP contribution in [0.5, 0.6) is 5.75 Å². The summed E-state index contributed by atoms with van der Waals surface area (Å²) >= 11 is 0. The number of halogens is 1. The Morgan fingerprint density at radius 2 is 1.06 bits per heavy atom. The van der Waals surface area contributed by atoms with Gasteiger partial charge in [0, 0.05) is 28.7 Å². The predicted octanol–water partition coefficient (Wildman–Crippen LogP) is 8.18. The van der Waals surface area contributed by atoms with Crippen LogP contribution in [0.3, 0.4) is 0 Å². The first-order chi connectivity index (χ1) is 24.6. The van der Waals surface area contributed by atoms with Gasteiger partial charge in [-0.05, 0) is 112 Å². The fraction of sp³-hybridized carbons (Fsp3) is 0.159. The summed E-state index contributed by atoms with van der Waals surface area (Å²) in [7, 11) is 0. The first kappa shape index (κ1) is 32.6. The highest BCUT2D eigenvalue weighted by Gasteiger charge is 2.22. The Morgan fingerprint density at radius 3 is 1.64 bits per heavy atom. The third-order valence-electron chi connectivity index (χ3n) is 8.16. The smallest absolute Gasteiger partial charge is 0.189 e. The summed E-state index contributed by atoms with van der Waals surface area (Å²) in [5.41, 5.74) is 5.71. The zero-order valence-corrected chi connectivity index (χ0v) is 27.2. The second-order valence-corrected chi connectivity index (χ2v) is 12.1. The van der Waals surface area contributed by atoms with Gasteiger partial charge in [0.05, 0.1) is 37.6 Å². The Kier molecular flexibility index (Phi) is 10.1. The summed E-state index contributed by atoms with van der Waals surface area (Å²) in [5, 5.41) is 13.0. The maximum atomic E-state index is 13.2. The quantitative estimate of drug-likeness (QED) is 0.0750. The summed E-state index contributed by atoms with van der Waals surface area (Å²) in [5.74, 6) is 13.2. The minimum atomic E-state index is -0.215. The van der Waals surface area contributed by atoms with Crippen molar-refractivity contribution in [2.24, 2.45) is 0 Å². The highest BCUT2D eigenvalue weighted by atomic mass is 19.1. The minimum absolute atomic E-state index is 0.215. The van der Waals surface area contributed by atoms with Crippen LogP contribution in [0, 0.1) is 40.8 Å². The van der Waals surface area contributed by atoms with E-state index in [2.05, 4.69) is 41.9 Å². The summed E-state index contributed by atoms with van der Waals surface area (Å²) in [6.45, 7) is 2.46. The minimum Gasteiger partial charge on any atom is -0.468 e. The van der Waals surface area contributed by atoms with Crippen LogP contribution in [0.15, 0.2) is 121 Å². The average Bonchev–Trinajstić information content (AvgIpc) is 4.10. The average molecular weight is 658 g/mol. The first-order valence-electron chi connectivity index (χ1n) is 16.4. The highest BCUT2D eigenvalue weighted by molar-refractivity contribution is 5.85. The number of hydrogen-bond donors (Lipinski definition) is 0. The summed E-state index contributed by atoms with van der Waals surface area (Å²) in [4.78, 5) is 0. The van der Waals surface area contributed by atoms with Gasteiger partial charge in [0.2, 0.25) is 0 Å². The van der Waals surface area contributed by atoms with Crippen LogP contribution in [0.2, 0.25) is 0 Å². The highest BCUT2D eigenvalue weighted by Crippen LogP contribution is 2.20. The zero-order valence-electron chi connectivity index (χ0n) is 27.2. The van der Waals surface area contributed by atoms with E-state index in [-0.39, 0.29) is 18.7 Å². The molecule has 0 aliphatic carbocycles. The summed E-state index contributed by atoms with van der Waals surface area (Å²) in [6, 6.07) is 40.3. The maximum Gasteiger partial charge on any atom is 0.189 e. The van der Waals surface area contributed by atoms with Crippen molar-refractivity contribution < 1.29 is 23.3 Å². The van der Waals surface area contributed by atoms with Crippen LogP contribution < -0.4 is 4.74 Å². The number of nitriles is 1. The Balaban J connectivity index is 0.000000159. The molecule has 2 unspecified atom stereocenters. The van der Waals surface area contributed by atoms with Crippen LogP contribution in [-0.2, 0) is 20.6 Å². The van der Waals surface area contributed by atoms with E-state index in [1.165, 1.54) is 17.7 Å². The molecule has 8 rings (SSSR count). The molecule has 0 radical (unpaired) electrons. The first-order valence-corrected chi connectivity index (χ1v) is 16.4. The Morgan fingerprint density at radius 1 is 0.580 bits per heavy atom. The molecule has 2 atom stereocenters. The molecule has 5 nitrogen and oxygen atoms in total. The number of epoxide rings is 2. The van der Waals surface area contributed by atoms with Crippen LogP contribution in [0.25, 0.3) is 21.5 Å². The molecule has 6 heteroatoms. The molecule has 0 spiro atoms. The van der Waals surface area contributed by atoms with Gasteiger partial charge in [0.1, 0.15) is 17.7 Å². The van der Waals surface area contributed by atoms with Crippen LogP contribution >= 0.6 is 0 Å². The number of hydrogen-bond acceptors (Lipinski definition) is 5. The molecule has 0 aromatic heterocycles. The van der Waals surface area contributed by atoms with Crippen LogP contribution in [0.4, 0.5) is 4.39 Å². The van der Waals surface area contributed by atoms with Gasteiger partial charge in [0.15, 0.2) is 6.79 Å². The lowest BCUT2D eigenvalue weighted by atomic mass is 10.0. The summed E-state index contributed by atoms with van der Waals surface area (Å²) < 4.78 is 34.4. The SMILES string of the molecule is Fc1ccc2cc(C#Cc3ccc(CC4CO4)cc3)ccc2c1.N#Cc1ccc2cc(C#Cc3ccc(OCOCC4CO4)cc3)ccc2c1. The Labute approximate surface area is 290 Å². The number of nitrogens with zero attached hydrogens (tertiary/aromatic N) is 1. The normalized spacial score (nSPS) is 15.4. The van der Waals surface area contributed by atoms with Gasteiger partial charge in [-0.3, -0.25) is 0 Å². The van der Waals surface area contributed by atoms with Crippen molar-refractivity contribution in [1.29, 1.82) is 5.26 Å². The van der Waals surface area contributed by atoms with Crippen molar-refractivity contribution in [3.05, 3.63) is 161 Å². The van der Waals surface area contributed by atoms with Gasteiger partial charge >= 0.3 is 0 Å². The Bertz CT molecular complexity index is 2300. The molecule has 50 heavy (non-hydrogen) atoms. The van der Waals surface area contributed by atoms with Gasteiger partial charge in [-0.1, -0.05) is 60.1 Å². The van der Waals surface area contributed by atoms with Crippen molar-refractivity contribution in [2.75, 3.05) is 26.6 Å². The maximum absolute atomic E-state index is 13.2. The van der Waals surface area contributed by atoms with Crippen LogP contribution in [-0.4, -0.2) is 38.8 Å². The van der Waals surface area contributed by atoms with Gasteiger partial charge in [-0.2, -0.15) is 5.26 Å². The lowest BCUT2D eigenvalue weighted by molar-refractivity contribution is 0.00821. The van der Waals surface area contributed by atoms with E-state index in [0.717, 1.165) is 69.2 Å². The summed E-state index contributed by atoms with van der Waals surface area (Å²) in [6.07, 6.45) is 1.64. The largest absolute Gasteiger partial charge is 0.468 e. The van der Waals surface area contributed by atoms with E-state index in [9.17, 15) is 4.39 Å². The van der Waals surface area contributed by atoms with E-state index in [1.807, 2.05) is 91.0 Å². The van der Waals surface area contributed by atoms with Crippen molar-refractivity contribution >= 4 is 21.5 Å². The fourth-order valence-corrected chi connectivity index (χ4v) is 5.24. The number of fused-ring (bicyclic) bond motifs is 2. The molecule has 2 fully saturated rings. The molecule has 0 bridgehead atoms. The monoisotopic (exact) mass is 657 g/mol. The zero-order chi connectivity index (χ0) is 34.1. The lowest BCUT2D eigenvalue weighted by Crippen LogP contribution is -2.07. The number of benzene rings is 6. The molecule has 6 aromatic rings. The van der Waals surface area contributed by atoms with Crippen molar-refractivity contribution in [1.82, 2.24) is 0 Å². The van der Waals surface area contributed by atoms with Gasteiger partial charge in [-0.25, -0.2) is 4.39 Å². The van der Waals surface area contributed by atoms with Gasteiger partial charge in [-0.15, -0.1) is 0 Å². The molecule has 2 aliphatic heterocycles. The molecule has 6 aromatic carbocycles. The molecule has 2 heterocycles. The van der Waals surface area contributed by atoms with E-state index in [4.69, 9.17) is 24.2 Å². The lowest BCUT2D eigenvalue weighted by Gasteiger charge is -2.05. The van der Waals surface area contributed by atoms with E-state index < -0.39 is 0 Å². The Hall–Kier alpha value is -5.94. The molecule has 244 valence electrons. The number of rotatable bonds is 7. The van der Waals surface area contributed by atoms with Crippen LogP contribution in [0.1, 0.15) is 33.4 Å². The molecule has 0 saturated carbocycles. The second-order valence-electron chi connectivity index (χ2n) is 12.1. The third-order valence-corrected chi connectivity index (χ3v) is 8.16. The van der Waals surface area contributed by atoms with E-state index >= 15 is 0 Å². The molecule has 0 amide bonds. The van der Waals surface area contributed by atoms with Gasteiger partial charge < -0.3 is 18.9 Å². The topological polar surface area (TPSA) is 67.3 Å². The van der Waals surface area contributed by atoms with E-state index in [0.29, 0.717) is 18.3 Å². The van der Waals surface area contributed by atoms with Crippen molar-refractivity contribution in [3.63, 3.8) is 0 Å².